The summed E-state index contributed by atoms with van der Waals surface area (Å²) in [6, 6.07) is 4.00. The first-order valence-corrected chi connectivity index (χ1v) is 10.8. The quantitative estimate of drug-likeness (QED) is 0.505. The van der Waals surface area contributed by atoms with Crippen LogP contribution in [0.2, 0.25) is 0 Å². The molecule has 1 unspecified atom stereocenters. The number of hydrogen-bond donors (Lipinski definition) is 2. The molecule has 0 saturated carbocycles. The van der Waals surface area contributed by atoms with Crippen LogP contribution in [-0.2, 0) is 6.18 Å². The van der Waals surface area contributed by atoms with Crippen LogP contribution in [0.5, 0.6) is 5.88 Å². The van der Waals surface area contributed by atoms with E-state index in [0.717, 1.165) is 56.6 Å². The fourth-order valence-electron chi connectivity index (χ4n) is 3.68. The average molecular weight is 493 g/mol. The van der Waals surface area contributed by atoms with E-state index in [4.69, 9.17) is 4.74 Å². The molecule has 3 aromatic rings. The molecule has 1 atom stereocenters. The Bertz CT molecular complexity index is 1190. The predicted octanol–water partition coefficient (Wildman–Crippen LogP) is 4.61. The second-order valence-corrected chi connectivity index (χ2v) is 7.80. The molecule has 0 spiro atoms. The third-order valence-corrected chi connectivity index (χ3v) is 5.36. The summed E-state index contributed by atoms with van der Waals surface area (Å²) in [5.74, 6) is -3.33. The van der Waals surface area contributed by atoms with Crippen molar-refractivity contribution in [3.05, 3.63) is 65.7 Å². The second-order valence-electron chi connectivity index (χ2n) is 7.80. The monoisotopic (exact) mass is 493 g/mol. The van der Waals surface area contributed by atoms with Gasteiger partial charge in [-0.3, -0.25) is 4.79 Å². The lowest BCUT2D eigenvalue weighted by Gasteiger charge is -2.18. The second kappa shape index (κ2) is 10.3. The minimum absolute atomic E-state index is 0.0787. The average Bonchev–Trinajstić information content (AvgIpc) is 3.08. The van der Waals surface area contributed by atoms with Crippen LogP contribution in [0.4, 0.5) is 27.6 Å². The van der Waals surface area contributed by atoms with E-state index in [0.29, 0.717) is 6.07 Å². The highest BCUT2D eigenvalue weighted by molar-refractivity contribution is 6.03. The van der Waals surface area contributed by atoms with Crippen molar-refractivity contribution in [3.63, 3.8) is 0 Å². The number of benzene rings is 1. The molecule has 2 N–H and O–H groups in total. The molecule has 184 valence electrons. The van der Waals surface area contributed by atoms with Gasteiger partial charge in [-0.15, -0.1) is 0 Å². The van der Waals surface area contributed by atoms with Gasteiger partial charge in [0.2, 0.25) is 5.88 Å². The Morgan fingerprint density at radius 1 is 1.09 bits per heavy atom. The summed E-state index contributed by atoms with van der Waals surface area (Å²) < 4.78 is 75.2. The summed E-state index contributed by atoms with van der Waals surface area (Å²) in [6.07, 6.45) is -0.240. The van der Waals surface area contributed by atoms with Crippen molar-refractivity contribution < 1.29 is 31.5 Å². The van der Waals surface area contributed by atoms with Crippen LogP contribution in [0.3, 0.4) is 0 Å². The van der Waals surface area contributed by atoms with Crippen molar-refractivity contribution in [2.45, 2.75) is 31.5 Å². The highest BCUT2D eigenvalue weighted by Gasteiger charge is 2.36. The smallest absolute Gasteiger partial charge is 0.418 e. The number of ether oxygens (including phenoxy) is 1. The number of nitrogens with one attached hydrogen (secondary N) is 2. The Morgan fingerprint density at radius 2 is 1.86 bits per heavy atom. The number of carbonyl (C=O) groups is 1. The number of amides is 1. The molecule has 1 fully saturated rings. The highest BCUT2D eigenvalue weighted by atomic mass is 19.4. The zero-order chi connectivity index (χ0) is 25.0. The standard InChI is InChI=1S/C23H20F5N5O2/c24-15-4-1-5-16(25)19(15)20-14(23(26,27)28)6-7-17(32-20)21(34)33-18-11-30-12-31-22(18)35-13-3-2-9-29-10-8-13/h1,4-7,11-13,29H,2-3,8-10H2,(H,33,34). The minimum Gasteiger partial charge on any atom is -0.473 e. The van der Waals surface area contributed by atoms with Crippen LogP contribution in [-0.4, -0.2) is 40.1 Å². The first kappa shape index (κ1) is 24.5. The summed E-state index contributed by atoms with van der Waals surface area (Å²) in [5.41, 5.74) is -3.82. The van der Waals surface area contributed by atoms with E-state index in [1.807, 2.05) is 0 Å². The summed E-state index contributed by atoms with van der Waals surface area (Å²) in [5, 5.41) is 5.71. The molecule has 1 amide bonds. The van der Waals surface area contributed by atoms with Crippen LogP contribution < -0.4 is 15.4 Å². The van der Waals surface area contributed by atoms with Gasteiger partial charge in [-0.1, -0.05) is 6.07 Å². The van der Waals surface area contributed by atoms with Gasteiger partial charge in [-0.2, -0.15) is 18.2 Å². The summed E-state index contributed by atoms with van der Waals surface area (Å²) in [6.45, 7) is 1.61. The molecule has 1 saturated heterocycles. The van der Waals surface area contributed by atoms with Gasteiger partial charge in [-0.05, 0) is 56.6 Å². The maximum Gasteiger partial charge on any atom is 0.418 e. The molecule has 1 aliphatic heterocycles. The van der Waals surface area contributed by atoms with E-state index in [1.165, 1.54) is 12.5 Å². The Morgan fingerprint density at radius 3 is 2.60 bits per heavy atom. The molecule has 1 aromatic carbocycles. The summed E-state index contributed by atoms with van der Waals surface area (Å²) in [4.78, 5) is 24.4. The Labute approximate surface area is 196 Å². The van der Waals surface area contributed by atoms with Crippen molar-refractivity contribution in [2.75, 3.05) is 18.4 Å². The highest BCUT2D eigenvalue weighted by Crippen LogP contribution is 2.38. The molecule has 4 rings (SSSR count). The van der Waals surface area contributed by atoms with Crippen molar-refractivity contribution >= 4 is 11.6 Å². The predicted molar refractivity (Wildman–Crippen MR) is 116 cm³/mol. The topological polar surface area (TPSA) is 89.0 Å². The van der Waals surface area contributed by atoms with Crippen LogP contribution in [0, 0.1) is 11.6 Å². The van der Waals surface area contributed by atoms with E-state index in [2.05, 4.69) is 25.6 Å². The van der Waals surface area contributed by atoms with Crippen LogP contribution in [0.15, 0.2) is 42.9 Å². The number of carbonyl (C=O) groups excluding carboxylic acids is 1. The fourth-order valence-corrected chi connectivity index (χ4v) is 3.68. The summed E-state index contributed by atoms with van der Waals surface area (Å²) in [7, 11) is 0. The minimum atomic E-state index is -4.96. The SMILES string of the molecule is O=C(Nc1cncnc1OC1CCCNCC1)c1ccc(C(F)(F)F)c(-c2c(F)cccc2F)n1. The molecule has 0 aliphatic carbocycles. The lowest BCUT2D eigenvalue weighted by atomic mass is 10.0. The molecule has 1 aliphatic rings. The van der Waals surface area contributed by atoms with Crippen LogP contribution in [0.1, 0.15) is 35.3 Å². The summed E-state index contributed by atoms with van der Waals surface area (Å²) >= 11 is 0. The largest absolute Gasteiger partial charge is 0.473 e. The third kappa shape index (κ3) is 5.70. The molecule has 0 radical (unpaired) electrons. The zero-order valence-electron chi connectivity index (χ0n) is 18.2. The van der Waals surface area contributed by atoms with Gasteiger partial charge in [-0.25, -0.2) is 18.7 Å². The Kier molecular flexibility index (Phi) is 7.20. The number of anilines is 1. The van der Waals surface area contributed by atoms with Gasteiger partial charge >= 0.3 is 6.18 Å². The lowest BCUT2D eigenvalue weighted by molar-refractivity contribution is -0.137. The van der Waals surface area contributed by atoms with Gasteiger partial charge in [0, 0.05) is 0 Å². The molecule has 3 heterocycles. The van der Waals surface area contributed by atoms with E-state index < -0.39 is 46.2 Å². The number of pyridine rings is 1. The third-order valence-electron chi connectivity index (χ3n) is 5.36. The van der Waals surface area contributed by atoms with Gasteiger partial charge < -0.3 is 15.4 Å². The molecule has 7 nitrogen and oxygen atoms in total. The Hall–Kier alpha value is -3.67. The molecular weight excluding hydrogens is 473 g/mol. The van der Waals surface area contributed by atoms with Crippen LogP contribution >= 0.6 is 0 Å². The van der Waals surface area contributed by atoms with E-state index in [1.54, 1.807) is 0 Å². The van der Waals surface area contributed by atoms with E-state index in [-0.39, 0.29) is 17.7 Å². The fraction of sp³-hybridized carbons (Fsp3) is 0.304. The van der Waals surface area contributed by atoms with E-state index in [9.17, 15) is 26.7 Å². The van der Waals surface area contributed by atoms with Crippen molar-refractivity contribution in [1.29, 1.82) is 0 Å². The first-order chi connectivity index (χ1) is 16.7. The number of halogens is 5. The maximum absolute atomic E-state index is 14.3. The van der Waals surface area contributed by atoms with E-state index >= 15 is 0 Å². The zero-order valence-corrected chi connectivity index (χ0v) is 18.2. The lowest BCUT2D eigenvalue weighted by Crippen LogP contribution is -2.22. The molecule has 2 aromatic heterocycles. The molecule has 35 heavy (non-hydrogen) atoms. The van der Waals surface area contributed by atoms with Gasteiger partial charge in [0.1, 0.15) is 35.4 Å². The van der Waals surface area contributed by atoms with Crippen molar-refractivity contribution in [2.24, 2.45) is 0 Å². The van der Waals surface area contributed by atoms with Gasteiger partial charge in [0.05, 0.1) is 23.0 Å². The Balaban J connectivity index is 1.65. The molecular formula is C23H20F5N5O2. The van der Waals surface area contributed by atoms with Gasteiger partial charge in [0.25, 0.3) is 5.91 Å². The molecule has 12 heteroatoms. The van der Waals surface area contributed by atoms with Crippen LogP contribution in [0.25, 0.3) is 11.3 Å². The number of rotatable bonds is 5. The first-order valence-electron chi connectivity index (χ1n) is 10.8. The number of nitrogens with zero attached hydrogens (tertiary/aromatic N) is 3. The normalized spacial score (nSPS) is 16.4. The number of aromatic nitrogens is 3. The maximum atomic E-state index is 14.3. The number of alkyl halides is 3. The van der Waals surface area contributed by atoms with Crippen molar-refractivity contribution in [3.8, 4) is 17.1 Å². The molecule has 0 bridgehead atoms. The van der Waals surface area contributed by atoms with Gasteiger partial charge in [0.15, 0.2) is 0 Å². The van der Waals surface area contributed by atoms with Crippen molar-refractivity contribution in [1.82, 2.24) is 20.3 Å². The number of hydrogen-bond acceptors (Lipinski definition) is 6.